The molecule has 3 rings (SSSR count). The van der Waals surface area contributed by atoms with Crippen LogP contribution in [0.3, 0.4) is 0 Å². The number of methoxy groups -OCH3 is 1. The van der Waals surface area contributed by atoms with Gasteiger partial charge >= 0.3 is 4.87 Å². The van der Waals surface area contributed by atoms with Crippen LogP contribution in [0.4, 0.5) is 0 Å². The third-order valence-corrected chi connectivity index (χ3v) is 6.81. The number of ether oxygens (including phenoxy) is 1. The smallest absolute Gasteiger partial charge is 0.308 e. The van der Waals surface area contributed by atoms with E-state index in [2.05, 4.69) is 4.72 Å². The normalized spacial score (nSPS) is 13.0. The highest BCUT2D eigenvalue weighted by Crippen LogP contribution is 2.27. The van der Waals surface area contributed by atoms with E-state index in [0.29, 0.717) is 17.0 Å². The molecule has 6 nitrogen and oxygen atoms in total. The molecule has 0 saturated heterocycles. The lowest BCUT2D eigenvalue weighted by molar-refractivity contribution is 0.405. The number of sulfonamides is 1. The van der Waals surface area contributed by atoms with Crippen molar-refractivity contribution >= 4 is 31.6 Å². The predicted octanol–water partition coefficient (Wildman–Crippen LogP) is 3.52. The minimum Gasteiger partial charge on any atom is -0.496 e. The number of benzene rings is 2. The van der Waals surface area contributed by atoms with Crippen molar-refractivity contribution in [1.29, 1.82) is 0 Å². The van der Waals surface area contributed by atoms with Crippen molar-refractivity contribution in [3.8, 4) is 5.75 Å². The number of thiazole rings is 1. The Labute approximate surface area is 162 Å². The predicted molar refractivity (Wildman–Crippen MR) is 108 cm³/mol. The Balaban J connectivity index is 1.94. The van der Waals surface area contributed by atoms with E-state index in [1.165, 1.54) is 6.07 Å². The average Bonchev–Trinajstić information content (AvgIpc) is 2.96. The lowest BCUT2D eigenvalue weighted by atomic mass is 10.1. The van der Waals surface area contributed by atoms with E-state index in [9.17, 15) is 13.2 Å². The fourth-order valence-corrected chi connectivity index (χ4v) is 5.32. The summed E-state index contributed by atoms with van der Waals surface area (Å²) in [5.41, 5.74) is 1.52. The zero-order chi connectivity index (χ0) is 19.6. The molecule has 8 heteroatoms. The van der Waals surface area contributed by atoms with E-state index in [4.69, 9.17) is 4.74 Å². The number of para-hydroxylation sites is 1. The number of aromatic nitrogens is 1. The maximum atomic E-state index is 12.8. The third-order valence-electron chi connectivity index (χ3n) is 4.33. The summed E-state index contributed by atoms with van der Waals surface area (Å²) < 4.78 is 36.0. The second-order valence-corrected chi connectivity index (χ2v) is 8.94. The van der Waals surface area contributed by atoms with Gasteiger partial charge in [0.15, 0.2) is 0 Å². The monoisotopic (exact) mass is 406 g/mol. The minimum absolute atomic E-state index is 0.0725. The lowest BCUT2D eigenvalue weighted by Gasteiger charge is -2.17. The molecule has 0 aliphatic rings. The second kappa shape index (κ2) is 7.84. The Kier molecular flexibility index (Phi) is 5.69. The topological polar surface area (TPSA) is 77.4 Å². The van der Waals surface area contributed by atoms with E-state index < -0.39 is 16.1 Å². The van der Waals surface area contributed by atoms with Gasteiger partial charge in [-0.3, -0.25) is 9.36 Å². The van der Waals surface area contributed by atoms with E-state index in [-0.39, 0.29) is 9.77 Å². The van der Waals surface area contributed by atoms with Crippen LogP contribution in [0.5, 0.6) is 5.75 Å². The molecule has 0 aliphatic heterocycles. The van der Waals surface area contributed by atoms with Crippen LogP contribution in [0.15, 0.2) is 52.2 Å². The van der Waals surface area contributed by atoms with Crippen molar-refractivity contribution in [2.45, 2.75) is 37.8 Å². The van der Waals surface area contributed by atoms with Gasteiger partial charge in [-0.2, -0.15) is 0 Å². The molecule has 0 spiro atoms. The van der Waals surface area contributed by atoms with Gasteiger partial charge in [0.05, 0.1) is 22.2 Å². The quantitative estimate of drug-likeness (QED) is 0.651. The van der Waals surface area contributed by atoms with Gasteiger partial charge in [0.2, 0.25) is 10.0 Å². The molecule has 0 unspecified atom stereocenters. The van der Waals surface area contributed by atoms with Crippen LogP contribution < -0.4 is 14.3 Å². The first-order valence-corrected chi connectivity index (χ1v) is 11.0. The molecule has 2 aromatic carbocycles. The van der Waals surface area contributed by atoms with Gasteiger partial charge in [0.1, 0.15) is 5.75 Å². The Morgan fingerprint density at radius 1 is 1.22 bits per heavy atom. The van der Waals surface area contributed by atoms with E-state index >= 15 is 0 Å². The highest BCUT2D eigenvalue weighted by molar-refractivity contribution is 7.89. The van der Waals surface area contributed by atoms with Crippen molar-refractivity contribution in [2.75, 3.05) is 7.11 Å². The van der Waals surface area contributed by atoms with Crippen LogP contribution in [0.2, 0.25) is 0 Å². The summed E-state index contributed by atoms with van der Waals surface area (Å²) in [6, 6.07) is 11.6. The van der Waals surface area contributed by atoms with Crippen molar-refractivity contribution in [3.05, 3.63) is 57.7 Å². The Bertz CT molecular complexity index is 1120. The number of fused-ring (bicyclic) bond motifs is 1. The second-order valence-electron chi connectivity index (χ2n) is 6.23. The molecule has 1 heterocycles. The summed E-state index contributed by atoms with van der Waals surface area (Å²) >= 11 is 1.07. The van der Waals surface area contributed by atoms with Gasteiger partial charge in [-0.15, -0.1) is 0 Å². The van der Waals surface area contributed by atoms with E-state index in [0.717, 1.165) is 28.8 Å². The van der Waals surface area contributed by atoms with Gasteiger partial charge in [-0.25, -0.2) is 13.1 Å². The Hall–Kier alpha value is -2.16. The standard InChI is InChI=1S/C19H22N2O4S2/c1-4-11-21-16-10-9-14(12-18(16)26-19(21)22)27(23,24)20-13(2)15-7-5-6-8-17(15)25-3/h5-10,12-13,20H,4,11H2,1-3H3/t13-/m1/s1. The summed E-state index contributed by atoms with van der Waals surface area (Å²) in [6.07, 6.45) is 0.837. The molecule has 144 valence electrons. The van der Waals surface area contributed by atoms with Crippen LogP contribution in [-0.4, -0.2) is 20.1 Å². The van der Waals surface area contributed by atoms with Crippen molar-refractivity contribution < 1.29 is 13.2 Å². The number of nitrogens with zero attached hydrogens (tertiary/aromatic N) is 1. The summed E-state index contributed by atoms with van der Waals surface area (Å²) in [4.78, 5) is 12.2. The Morgan fingerprint density at radius 2 is 1.96 bits per heavy atom. The molecule has 0 aliphatic carbocycles. The number of aryl methyl sites for hydroxylation is 1. The maximum absolute atomic E-state index is 12.8. The molecule has 1 N–H and O–H groups in total. The van der Waals surface area contributed by atoms with E-state index in [1.807, 2.05) is 25.1 Å². The molecule has 1 atom stereocenters. The molecule has 27 heavy (non-hydrogen) atoms. The van der Waals surface area contributed by atoms with Crippen LogP contribution in [0, 0.1) is 0 Å². The molecule has 1 aromatic heterocycles. The Morgan fingerprint density at radius 3 is 2.67 bits per heavy atom. The molecule has 3 aromatic rings. The first-order valence-electron chi connectivity index (χ1n) is 8.66. The largest absolute Gasteiger partial charge is 0.496 e. The van der Waals surface area contributed by atoms with Gasteiger partial charge in [-0.05, 0) is 37.6 Å². The van der Waals surface area contributed by atoms with Crippen LogP contribution in [0.1, 0.15) is 31.9 Å². The first kappa shape index (κ1) is 19.6. The third kappa shape index (κ3) is 3.92. The van der Waals surface area contributed by atoms with Crippen molar-refractivity contribution in [3.63, 3.8) is 0 Å². The SMILES string of the molecule is CCCn1c(=O)sc2cc(S(=O)(=O)N[C@H](C)c3ccccc3OC)ccc21. The highest BCUT2D eigenvalue weighted by atomic mass is 32.2. The number of rotatable bonds is 7. The number of hydrogen-bond donors (Lipinski definition) is 1. The highest BCUT2D eigenvalue weighted by Gasteiger charge is 2.21. The average molecular weight is 407 g/mol. The van der Waals surface area contributed by atoms with Crippen molar-refractivity contribution in [1.82, 2.24) is 9.29 Å². The maximum Gasteiger partial charge on any atom is 0.308 e. The van der Waals surface area contributed by atoms with Crippen LogP contribution >= 0.6 is 11.3 Å². The molecule has 0 fully saturated rings. The molecule has 0 bridgehead atoms. The lowest BCUT2D eigenvalue weighted by Crippen LogP contribution is -2.27. The van der Waals surface area contributed by atoms with Crippen LogP contribution in [-0.2, 0) is 16.6 Å². The fourth-order valence-electron chi connectivity index (χ4n) is 3.04. The zero-order valence-corrected chi connectivity index (χ0v) is 17.1. The van der Waals surface area contributed by atoms with Gasteiger partial charge in [-0.1, -0.05) is 36.5 Å². The van der Waals surface area contributed by atoms with Crippen LogP contribution in [0.25, 0.3) is 10.2 Å². The van der Waals surface area contributed by atoms with Gasteiger partial charge in [0.25, 0.3) is 0 Å². The first-order chi connectivity index (χ1) is 12.9. The summed E-state index contributed by atoms with van der Waals surface area (Å²) in [7, 11) is -2.20. The molecule has 0 saturated carbocycles. The summed E-state index contributed by atoms with van der Waals surface area (Å²) in [6.45, 7) is 4.38. The molecular weight excluding hydrogens is 384 g/mol. The fraction of sp³-hybridized carbons (Fsp3) is 0.316. The summed E-state index contributed by atoms with van der Waals surface area (Å²) in [5, 5.41) is 0. The summed E-state index contributed by atoms with van der Waals surface area (Å²) in [5.74, 6) is 0.623. The molecule has 0 amide bonds. The number of nitrogens with one attached hydrogen (secondary N) is 1. The van der Waals surface area contributed by atoms with Crippen molar-refractivity contribution in [2.24, 2.45) is 0 Å². The molecular formula is C19H22N2O4S2. The van der Waals surface area contributed by atoms with Gasteiger partial charge in [0, 0.05) is 18.2 Å². The number of hydrogen-bond acceptors (Lipinski definition) is 5. The van der Waals surface area contributed by atoms with E-state index in [1.54, 1.807) is 36.8 Å². The van der Waals surface area contributed by atoms with Gasteiger partial charge < -0.3 is 4.74 Å². The zero-order valence-electron chi connectivity index (χ0n) is 15.4. The molecule has 0 radical (unpaired) electrons. The minimum atomic E-state index is -3.75.